The van der Waals surface area contributed by atoms with Crippen LogP contribution in [0, 0.1) is 17.2 Å². The molecule has 1 fully saturated rings. The largest absolute Gasteiger partial charge is 0.354 e. The van der Waals surface area contributed by atoms with Gasteiger partial charge in [-0.05, 0) is 37.0 Å². The van der Waals surface area contributed by atoms with E-state index in [-0.39, 0.29) is 11.8 Å². The number of nitrogens with zero attached hydrogens (tertiary/aromatic N) is 4. The topological polar surface area (TPSA) is 140 Å². The average Bonchev–Trinajstić information content (AvgIpc) is 2.77. The standard InChI is InChI=1S/C21H23N7O3/c1-14(29)26-16-3-2-4-17(11-16)27-21(31)20(30)25-13-15-5-9-28(10-6-15)19-18(12-22)23-7-8-24-19/h2-4,7-8,11,15H,5-6,9-10,13H2,1H3,(H,25,30)(H,26,29)(H,27,31). The lowest BCUT2D eigenvalue weighted by molar-refractivity contribution is -0.136. The Morgan fingerprint density at radius 1 is 1.10 bits per heavy atom. The first-order valence-electron chi connectivity index (χ1n) is 9.89. The Morgan fingerprint density at radius 3 is 2.45 bits per heavy atom. The molecule has 3 N–H and O–H groups in total. The third-order valence-electron chi connectivity index (χ3n) is 4.90. The Bertz CT molecular complexity index is 1010. The number of nitrogens with one attached hydrogen (secondary N) is 3. The number of hydrogen-bond donors (Lipinski definition) is 3. The maximum Gasteiger partial charge on any atom is 0.313 e. The van der Waals surface area contributed by atoms with Crippen LogP contribution in [0.3, 0.4) is 0 Å². The molecule has 10 nitrogen and oxygen atoms in total. The molecule has 10 heteroatoms. The minimum Gasteiger partial charge on any atom is -0.354 e. The summed E-state index contributed by atoms with van der Waals surface area (Å²) in [4.78, 5) is 45.8. The Morgan fingerprint density at radius 2 is 1.77 bits per heavy atom. The van der Waals surface area contributed by atoms with E-state index in [0.29, 0.717) is 42.5 Å². The van der Waals surface area contributed by atoms with E-state index in [0.717, 1.165) is 12.8 Å². The van der Waals surface area contributed by atoms with Gasteiger partial charge in [0.15, 0.2) is 11.5 Å². The Hall–Kier alpha value is -4.00. The molecule has 0 radical (unpaired) electrons. The second kappa shape index (κ2) is 10.2. The molecule has 1 aliphatic heterocycles. The van der Waals surface area contributed by atoms with E-state index < -0.39 is 11.8 Å². The number of hydrogen-bond acceptors (Lipinski definition) is 7. The van der Waals surface area contributed by atoms with Crippen molar-refractivity contribution in [2.24, 2.45) is 5.92 Å². The van der Waals surface area contributed by atoms with Crippen LogP contribution in [0.4, 0.5) is 17.2 Å². The van der Waals surface area contributed by atoms with Gasteiger partial charge in [0.2, 0.25) is 5.91 Å². The lowest BCUT2D eigenvalue weighted by atomic mass is 9.96. The van der Waals surface area contributed by atoms with Gasteiger partial charge in [0, 0.05) is 50.3 Å². The van der Waals surface area contributed by atoms with Gasteiger partial charge in [0.05, 0.1) is 0 Å². The monoisotopic (exact) mass is 421 g/mol. The summed E-state index contributed by atoms with van der Waals surface area (Å²) in [5.41, 5.74) is 1.24. The fourth-order valence-electron chi connectivity index (χ4n) is 3.37. The number of benzene rings is 1. The normalized spacial score (nSPS) is 13.7. The van der Waals surface area contributed by atoms with Crippen molar-refractivity contribution in [2.45, 2.75) is 19.8 Å². The van der Waals surface area contributed by atoms with Crippen LogP contribution in [0.15, 0.2) is 36.7 Å². The van der Waals surface area contributed by atoms with Crippen molar-refractivity contribution in [1.82, 2.24) is 15.3 Å². The Kier molecular flexibility index (Phi) is 7.11. The molecule has 1 aromatic carbocycles. The van der Waals surface area contributed by atoms with Crippen molar-refractivity contribution in [1.29, 1.82) is 5.26 Å². The van der Waals surface area contributed by atoms with Crippen LogP contribution in [0.1, 0.15) is 25.5 Å². The molecule has 160 valence electrons. The molecule has 0 unspecified atom stereocenters. The summed E-state index contributed by atoms with van der Waals surface area (Å²) in [5.74, 6) is -0.911. The number of anilines is 3. The third-order valence-corrected chi connectivity index (χ3v) is 4.90. The summed E-state index contributed by atoms with van der Waals surface area (Å²) < 4.78 is 0. The number of carbonyl (C=O) groups is 3. The first-order valence-corrected chi connectivity index (χ1v) is 9.89. The summed E-state index contributed by atoms with van der Waals surface area (Å²) in [7, 11) is 0. The van der Waals surface area contributed by atoms with Crippen LogP contribution in [-0.2, 0) is 14.4 Å². The molecule has 0 bridgehead atoms. The highest BCUT2D eigenvalue weighted by Gasteiger charge is 2.23. The van der Waals surface area contributed by atoms with Gasteiger partial charge < -0.3 is 20.9 Å². The highest BCUT2D eigenvalue weighted by molar-refractivity contribution is 6.39. The average molecular weight is 421 g/mol. The van der Waals surface area contributed by atoms with Gasteiger partial charge in [-0.2, -0.15) is 5.26 Å². The van der Waals surface area contributed by atoms with Gasteiger partial charge >= 0.3 is 11.8 Å². The number of aromatic nitrogens is 2. The van der Waals surface area contributed by atoms with Crippen LogP contribution in [-0.4, -0.2) is 47.3 Å². The molecule has 2 aromatic rings. The highest BCUT2D eigenvalue weighted by Crippen LogP contribution is 2.23. The van der Waals surface area contributed by atoms with E-state index in [1.54, 1.807) is 30.5 Å². The van der Waals surface area contributed by atoms with Crippen molar-refractivity contribution >= 4 is 34.9 Å². The molecule has 0 atom stereocenters. The molecular weight excluding hydrogens is 398 g/mol. The van der Waals surface area contributed by atoms with Crippen LogP contribution < -0.4 is 20.9 Å². The van der Waals surface area contributed by atoms with E-state index in [2.05, 4.69) is 32.0 Å². The second-order valence-electron chi connectivity index (χ2n) is 7.20. The van der Waals surface area contributed by atoms with Gasteiger partial charge in [0.1, 0.15) is 6.07 Å². The fourth-order valence-corrected chi connectivity index (χ4v) is 3.37. The molecule has 1 aromatic heterocycles. The molecule has 0 saturated carbocycles. The molecule has 3 rings (SSSR count). The number of amides is 3. The Labute approximate surface area is 179 Å². The first-order chi connectivity index (χ1) is 15.0. The van der Waals surface area contributed by atoms with Gasteiger partial charge in [-0.1, -0.05) is 6.07 Å². The maximum atomic E-state index is 12.2. The smallest absolute Gasteiger partial charge is 0.313 e. The van der Waals surface area contributed by atoms with E-state index in [4.69, 9.17) is 0 Å². The molecule has 0 aliphatic carbocycles. The molecule has 3 amide bonds. The molecule has 1 aliphatic rings. The van der Waals surface area contributed by atoms with Crippen molar-refractivity contribution < 1.29 is 14.4 Å². The zero-order chi connectivity index (χ0) is 22.2. The zero-order valence-electron chi connectivity index (χ0n) is 17.1. The van der Waals surface area contributed by atoms with Crippen LogP contribution >= 0.6 is 0 Å². The predicted octanol–water partition coefficient (Wildman–Crippen LogP) is 1.28. The maximum absolute atomic E-state index is 12.2. The minimum atomic E-state index is -0.768. The lowest BCUT2D eigenvalue weighted by Crippen LogP contribution is -2.42. The third kappa shape index (κ3) is 5.99. The van der Waals surface area contributed by atoms with Gasteiger partial charge in [-0.3, -0.25) is 14.4 Å². The van der Waals surface area contributed by atoms with Crippen molar-refractivity contribution in [3.63, 3.8) is 0 Å². The molecule has 1 saturated heterocycles. The number of piperidine rings is 1. The van der Waals surface area contributed by atoms with Gasteiger partial charge in [-0.15, -0.1) is 0 Å². The van der Waals surface area contributed by atoms with E-state index >= 15 is 0 Å². The summed E-state index contributed by atoms with van der Waals surface area (Å²) in [6.45, 7) is 3.16. The predicted molar refractivity (Wildman–Crippen MR) is 114 cm³/mol. The number of carbonyl (C=O) groups excluding carboxylic acids is 3. The van der Waals surface area contributed by atoms with Crippen molar-refractivity contribution in [2.75, 3.05) is 35.2 Å². The quantitative estimate of drug-likeness (QED) is 0.618. The summed E-state index contributed by atoms with van der Waals surface area (Å²) >= 11 is 0. The van der Waals surface area contributed by atoms with E-state index in [1.165, 1.54) is 13.1 Å². The Balaban J connectivity index is 1.45. The summed E-state index contributed by atoms with van der Waals surface area (Å²) in [6.07, 6.45) is 4.64. The fraction of sp³-hybridized carbons (Fsp3) is 0.333. The van der Waals surface area contributed by atoms with Crippen LogP contribution in [0.25, 0.3) is 0 Å². The summed E-state index contributed by atoms with van der Waals surface area (Å²) in [5, 5.41) is 17.0. The van der Waals surface area contributed by atoms with Gasteiger partial charge in [-0.25, -0.2) is 9.97 Å². The number of nitriles is 1. The SMILES string of the molecule is CC(=O)Nc1cccc(NC(=O)C(=O)NCC2CCN(c3nccnc3C#N)CC2)c1. The lowest BCUT2D eigenvalue weighted by Gasteiger charge is -2.32. The highest BCUT2D eigenvalue weighted by atomic mass is 16.2. The van der Waals surface area contributed by atoms with Crippen molar-refractivity contribution in [3.05, 3.63) is 42.4 Å². The zero-order valence-corrected chi connectivity index (χ0v) is 17.1. The minimum absolute atomic E-state index is 0.221. The second-order valence-corrected chi connectivity index (χ2v) is 7.20. The van der Waals surface area contributed by atoms with E-state index in [1.807, 2.05) is 4.90 Å². The summed E-state index contributed by atoms with van der Waals surface area (Å²) in [6, 6.07) is 8.61. The van der Waals surface area contributed by atoms with Crippen LogP contribution in [0.5, 0.6) is 0 Å². The number of rotatable bonds is 5. The van der Waals surface area contributed by atoms with Crippen molar-refractivity contribution in [3.8, 4) is 6.07 Å². The molecular formula is C21H23N7O3. The first kappa shape index (κ1) is 21.7. The van der Waals surface area contributed by atoms with Gasteiger partial charge in [0.25, 0.3) is 0 Å². The van der Waals surface area contributed by atoms with E-state index in [9.17, 15) is 19.6 Å². The van der Waals surface area contributed by atoms with Crippen LogP contribution in [0.2, 0.25) is 0 Å². The molecule has 2 heterocycles. The molecule has 0 spiro atoms. The molecule has 31 heavy (non-hydrogen) atoms.